The summed E-state index contributed by atoms with van der Waals surface area (Å²) >= 11 is 0. The van der Waals surface area contributed by atoms with Crippen molar-refractivity contribution in [1.82, 2.24) is 0 Å². The van der Waals surface area contributed by atoms with Gasteiger partial charge in [-0.2, -0.15) is 0 Å². The van der Waals surface area contributed by atoms with Crippen LogP contribution in [0.3, 0.4) is 0 Å². The van der Waals surface area contributed by atoms with Gasteiger partial charge in [-0.1, -0.05) is 84.5 Å². The maximum absolute atomic E-state index is 5.48. The van der Waals surface area contributed by atoms with Crippen LogP contribution >= 0.6 is 0 Å². The second-order valence-electron chi connectivity index (χ2n) is 13.3. The Morgan fingerprint density at radius 1 is 0.615 bits per heavy atom. The summed E-state index contributed by atoms with van der Waals surface area (Å²) in [6, 6.07) is 5.46. The van der Waals surface area contributed by atoms with Gasteiger partial charge < -0.3 is 17.7 Å². The Bertz CT molecular complexity index is 545. The summed E-state index contributed by atoms with van der Waals surface area (Å²) in [5.74, 6) is 3.69. The van der Waals surface area contributed by atoms with Gasteiger partial charge in [-0.15, -0.1) is 0 Å². The molecule has 1 saturated carbocycles. The highest BCUT2D eigenvalue weighted by molar-refractivity contribution is 6.27. The van der Waals surface area contributed by atoms with Gasteiger partial charge in [-0.3, -0.25) is 0 Å². The molecule has 8 heteroatoms. The smallest absolute Gasteiger partial charge is 0.161 e. The van der Waals surface area contributed by atoms with Crippen molar-refractivity contribution in [2.24, 2.45) is 29.1 Å². The third-order valence-corrected chi connectivity index (χ3v) is 14.5. The third-order valence-electron chi connectivity index (χ3n) is 9.69. The summed E-state index contributed by atoms with van der Waals surface area (Å²) in [6.45, 7) is 5.10. The summed E-state index contributed by atoms with van der Waals surface area (Å²) in [5, 5.41) is 0. The van der Waals surface area contributed by atoms with Crippen molar-refractivity contribution >= 4 is 39.1 Å². The predicted molar refractivity (Wildman–Crippen MR) is 183 cm³/mol. The molecule has 1 aliphatic rings. The van der Waals surface area contributed by atoms with Crippen LogP contribution in [0.15, 0.2) is 0 Å². The quantitative estimate of drug-likeness (QED) is 0.0697. The van der Waals surface area contributed by atoms with E-state index in [1.54, 1.807) is 0 Å². The van der Waals surface area contributed by atoms with Gasteiger partial charge in [0.15, 0.2) is 39.1 Å². The summed E-state index contributed by atoms with van der Waals surface area (Å²) in [6.07, 6.45) is 23.0. The summed E-state index contributed by atoms with van der Waals surface area (Å²) < 4.78 is 21.8. The van der Waals surface area contributed by atoms with E-state index in [4.69, 9.17) is 17.7 Å². The van der Waals surface area contributed by atoms with Crippen LogP contribution in [-0.4, -0.2) is 67.5 Å². The van der Waals surface area contributed by atoms with Crippen LogP contribution in [0.1, 0.15) is 117 Å². The fraction of sp³-hybridized carbons (Fsp3) is 1.00. The van der Waals surface area contributed by atoms with Crippen LogP contribution in [0, 0.1) is 29.1 Å². The van der Waals surface area contributed by atoms with E-state index in [0.717, 1.165) is 23.7 Å². The molecule has 0 amide bonds. The van der Waals surface area contributed by atoms with Crippen molar-refractivity contribution in [3.8, 4) is 0 Å². The van der Waals surface area contributed by atoms with E-state index < -0.39 is 0 Å². The zero-order chi connectivity index (χ0) is 28.6. The van der Waals surface area contributed by atoms with E-state index in [0.29, 0.717) is 5.41 Å². The Morgan fingerprint density at radius 3 is 1.51 bits per heavy atom. The molecular weight excluding hydrogens is 549 g/mol. The molecule has 0 heterocycles. The second kappa shape index (κ2) is 25.2. The standard InChI is InChI=1S/C31H70O4Si4/c1-27(15-7-11-19-36-32-3)23-29(16-8-12-20-37-33-4)24-30(17-9-13-21-38-34-5)26-31(25-28(31)2)18-10-14-22-39-35-6/h27-30H,7-26,36-39H2,1-6H3. The average Bonchev–Trinajstić information content (AvgIpc) is 3.55. The third kappa shape index (κ3) is 19.5. The molecule has 0 radical (unpaired) electrons. The Morgan fingerprint density at radius 2 is 1.05 bits per heavy atom. The van der Waals surface area contributed by atoms with E-state index >= 15 is 0 Å². The van der Waals surface area contributed by atoms with Gasteiger partial charge in [-0.25, -0.2) is 0 Å². The normalized spacial score (nSPS) is 22.5. The Labute approximate surface area is 254 Å². The monoisotopic (exact) mass is 618 g/mol. The molecule has 0 spiro atoms. The summed E-state index contributed by atoms with van der Waals surface area (Å²) in [4.78, 5) is 0. The van der Waals surface area contributed by atoms with Crippen LogP contribution in [0.5, 0.6) is 0 Å². The second-order valence-corrected chi connectivity index (χ2v) is 20.1. The molecule has 0 bridgehead atoms. The molecule has 0 saturated heterocycles. The minimum atomic E-state index is -0.261. The fourth-order valence-electron chi connectivity index (χ4n) is 7.18. The van der Waals surface area contributed by atoms with Crippen molar-refractivity contribution < 1.29 is 17.7 Å². The first-order valence-electron chi connectivity index (χ1n) is 17.0. The van der Waals surface area contributed by atoms with E-state index in [1.165, 1.54) is 127 Å². The van der Waals surface area contributed by atoms with E-state index in [2.05, 4.69) is 13.8 Å². The van der Waals surface area contributed by atoms with Gasteiger partial charge in [0.1, 0.15) is 0 Å². The van der Waals surface area contributed by atoms with Crippen molar-refractivity contribution in [1.29, 1.82) is 0 Å². The molecular formula is C31H70O4Si4. The highest BCUT2D eigenvalue weighted by atomic mass is 28.2. The van der Waals surface area contributed by atoms with Crippen molar-refractivity contribution in [2.45, 2.75) is 141 Å². The molecule has 0 N–H and O–H groups in total. The minimum Gasteiger partial charge on any atom is -0.427 e. The molecule has 0 aromatic carbocycles. The zero-order valence-electron chi connectivity index (χ0n) is 27.4. The minimum absolute atomic E-state index is 0.236. The Balaban J connectivity index is 2.74. The van der Waals surface area contributed by atoms with Crippen LogP contribution in [0.2, 0.25) is 24.2 Å². The number of unbranched alkanes of at least 4 members (excludes halogenated alkanes) is 4. The van der Waals surface area contributed by atoms with Crippen LogP contribution in [0.25, 0.3) is 0 Å². The average molecular weight is 619 g/mol. The lowest BCUT2D eigenvalue weighted by molar-refractivity contribution is 0.220. The van der Waals surface area contributed by atoms with Gasteiger partial charge >= 0.3 is 0 Å². The molecule has 1 rings (SSSR count). The van der Waals surface area contributed by atoms with Crippen LogP contribution in [-0.2, 0) is 17.7 Å². The highest BCUT2D eigenvalue weighted by Gasteiger charge is 2.50. The lowest BCUT2D eigenvalue weighted by Gasteiger charge is -2.30. The van der Waals surface area contributed by atoms with Crippen molar-refractivity contribution in [3.05, 3.63) is 0 Å². The first-order chi connectivity index (χ1) is 19.0. The van der Waals surface area contributed by atoms with Gasteiger partial charge in [-0.05, 0) is 85.4 Å². The first kappa shape index (κ1) is 37.7. The Hall–Kier alpha value is 0.708. The molecule has 0 aromatic heterocycles. The maximum atomic E-state index is 5.48. The zero-order valence-corrected chi connectivity index (χ0v) is 33.1. The molecule has 0 aromatic rings. The lowest BCUT2D eigenvalue weighted by Crippen LogP contribution is -2.18. The van der Waals surface area contributed by atoms with Crippen molar-refractivity contribution in [2.75, 3.05) is 28.4 Å². The van der Waals surface area contributed by atoms with Gasteiger partial charge in [0.05, 0.1) is 0 Å². The molecule has 5 atom stereocenters. The van der Waals surface area contributed by atoms with Gasteiger partial charge in [0, 0.05) is 28.4 Å². The van der Waals surface area contributed by atoms with E-state index in [9.17, 15) is 0 Å². The number of rotatable bonds is 30. The summed E-state index contributed by atoms with van der Waals surface area (Å²) in [5.41, 5.74) is 0.673. The number of hydrogen-bond donors (Lipinski definition) is 0. The highest BCUT2D eigenvalue weighted by Crippen LogP contribution is 2.60. The predicted octanol–water partition coefficient (Wildman–Crippen LogP) is 6.33. The van der Waals surface area contributed by atoms with Gasteiger partial charge in [0.25, 0.3) is 0 Å². The molecule has 39 heavy (non-hydrogen) atoms. The topological polar surface area (TPSA) is 36.9 Å². The SMILES string of the molecule is CO[SiH2]CCCCC(C)CC(CCCC[SiH2]OC)CC(CCCC[SiH2]OC)CC1(CCCC[SiH2]OC)CC1C. The van der Waals surface area contributed by atoms with E-state index in [1.807, 2.05) is 28.4 Å². The first-order valence-corrected chi connectivity index (χ1v) is 23.3. The lowest BCUT2D eigenvalue weighted by atomic mass is 9.76. The van der Waals surface area contributed by atoms with Crippen molar-refractivity contribution in [3.63, 3.8) is 0 Å². The molecule has 5 unspecified atom stereocenters. The van der Waals surface area contributed by atoms with Crippen LogP contribution in [0.4, 0.5) is 0 Å². The molecule has 1 fully saturated rings. The Kier molecular flexibility index (Phi) is 24.4. The summed E-state index contributed by atoms with van der Waals surface area (Å²) in [7, 11) is 6.60. The van der Waals surface area contributed by atoms with Gasteiger partial charge in [0.2, 0.25) is 0 Å². The molecule has 1 aliphatic carbocycles. The van der Waals surface area contributed by atoms with E-state index in [-0.39, 0.29) is 39.1 Å². The maximum Gasteiger partial charge on any atom is 0.161 e. The number of hydrogen-bond acceptors (Lipinski definition) is 4. The molecule has 0 aliphatic heterocycles. The largest absolute Gasteiger partial charge is 0.427 e. The molecule has 4 nitrogen and oxygen atoms in total. The van der Waals surface area contributed by atoms with Crippen LogP contribution < -0.4 is 0 Å². The molecule has 234 valence electrons. The fourth-order valence-corrected chi connectivity index (χ4v) is 10.6.